The molecule has 3 unspecified atom stereocenters. The number of amides is 1. The summed E-state index contributed by atoms with van der Waals surface area (Å²) in [7, 11) is 0. The smallest absolute Gasteiger partial charge is 0.233 e. The zero-order valence-electron chi connectivity index (χ0n) is 10.2. The van der Waals surface area contributed by atoms with E-state index in [0.29, 0.717) is 24.4 Å². The van der Waals surface area contributed by atoms with Crippen molar-refractivity contribution in [2.75, 3.05) is 13.1 Å². The Morgan fingerprint density at radius 1 is 1.50 bits per heavy atom. The molecule has 0 aromatic carbocycles. The summed E-state index contributed by atoms with van der Waals surface area (Å²) in [5.41, 5.74) is 0. The summed E-state index contributed by atoms with van der Waals surface area (Å²) >= 11 is 0. The fraction of sp³-hybridized carbons (Fsp3) is 0.769. The first-order valence-corrected chi connectivity index (χ1v) is 6.33. The Bertz CT molecular complexity index is 286. The molecular formula is C13H22N2O. The van der Waals surface area contributed by atoms with Crippen LogP contribution in [0.1, 0.15) is 26.7 Å². The lowest BCUT2D eigenvalue weighted by Gasteiger charge is -2.40. The van der Waals surface area contributed by atoms with Gasteiger partial charge in [-0.1, -0.05) is 26.0 Å². The molecule has 0 aliphatic heterocycles. The van der Waals surface area contributed by atoms with Crippen LogP contribution in [0.15, 0.2) is 12.2 Å². The zero-order chi connectivity index (χ0) is 11.5. The molecule has 0 bridgehead atoms. The van der Waals surface area contributed by atoms with E-state index in [-0.39, 0.29) is 5.91 Å². The molecule has 0 heterocycles. The predicted molar refractivity (Wildman–Crippen MR) is 65.0 cm³/mol. The molecule has 0 saturated heterocycles. The first-order valence-electron chi connectivity index (χ1n) is 6.33. The molecular weight excluding hydrogens is 200 g/mol. The van der Waals surface area contributed by atoms with Gasteiger partial charge in [-0.3, -0.25) is 4.79 Å². The predicted octanol–water partition coefficient (Wildman–Crippen LogP) is 1.31. The first-order chi connectivity index (χ1) is 7.66. The lowest BCUT2D eigenvalue weighted by Crippen LogP contribution is -2.51. The molecule has 0 aromatic heterocycles. The maximum Gasteiger partial charge on any atom is 0.233 e. The van der Waals surface area contributed by atoms with Crippen molar-refractivity contribution >= 4 is 5.91 Å². The summed E-state index contributed by atoms with van der Waals surface area (Å²) in [5, 5.41) is 6.28. The second-order valence-electron chi connectivity index (χ2n) is 5.42. The Hall–Kier alpha value is -0.830. The quantitative estimate of drug-likeness (QED) is 0.689. The van der Waals surface area contributed by atoms with Crippen LogP contribution in [0.2, 0.25) is 0 Å². The number of fused-ring (bicyclic) bond motifs is 1. The van der Waals surface area contributed by atoms with Gasteiger partial charge in [0.2, 0.25) is 5.91 Å². The molecule has 3 atom stereocenters. The SMILES string of the molecule is CC(C)CNC(=O)CNC1CC2CC=CC21. The first kappa shape index (κ1) is 11.6. The molecule has 2 N–H and O–H groups in total. The highest BCUT2D eigenvalue weighted by Gasteiger charge is 2.40. The number of carbonyl (C=O) groups is 1. The van der Waals surface area contributed by atoms with Crippen LogP contribution < -0.4 is 10.6 Å². The van der Waals surface area contributed by atoms with Gasteiger partial charge in [0, 0.05) is 12.6 Å². The minimum Gasteiger partial charge on any atom is -0.355 e. The molecule has 0 radical (unpaired) electrons. The Balaban J connectivity index is 1.61. The molecule has 3 nitrogen and oxygen atoms in total. The normalized spacial score (nSPS) is 31.3. The van der Waals surface area contributed by atoms with Crippen molar-refractivity contribution in [1.82, 2.24) is 10.6 Å². The average Bonchev–Trinajstić information content (AvgIpc) is 2.57. The van der Waals surface area contributed by atoms with E-state index in [1.807, 2.05) is 0 Å². The maximum atomic E-state index is 11.5. The second-order valence-corrected chi connectivity index (χ2v) is 5.42. The minimum absolute atomic E-state index is 0.124. The average molecular weight is 222 g/mol. The van der Waals surface area contributed by atoms with Crippen molar-refractivity contribution in [1.29, 1.82) is 0 Å². The van der Waals surface area contributed by atoms with Crippen molar-refractivity contribution in [3.63, 3.8) is 0 Å². The molecule has 0 aromatic rings. The molecule has 3 heteroatoms. The number of nitrogens with one attached hydrogen (secondary N) is 2. The van der Waals surface area contributed by atoms with Crippen molar-refractivity contribution in [3.8, 4) is 0 Å². The third-order valence-electron chi connectivity index (χ3n) is 3.60. The maximum absolute atomic E-state index is 11.5. The number of carbonyl (C=O) groups excluding carboxylic acids is 1. The van der Waals surface area contributed by atoms with E-state index in [1.54, 1.807) is 0 Å². The van der Waals surface area contributed by atoms with E-state index in [2.05, 4.69) is 36.6 Å². The fourth-order valence-corrected chi connectivity index (χ4v) is 2.55. The molecule has 2 rings (SSSR count). The zero-order valence-corrected chi connectivity index (χ0v) is 10.2. The summed E-state index contributed by atoms with van der Waals surface area (Å²) in [5.74, 6) is 2.20. The van der Waals surface area contributed by atoms with Crippen LogP contribution in [0.25, 0.3) is 0 Å². The number of rotatable bonds is 5. The molecule has 2 aliphatic carbocycles. The number of hydrogen-bond acceptors (Lipinski definition) is 2. The van der Waals surface area contributed by atoms with Gasteiger partial charge in [-0.2, -0.15) is 0 Å². The van der Waals surface area contributed by atoms with Crippen LogP contribution in [0.4, 0.5) is 0 Å². The van der Waals surface area contributed by atoms with Crippen LogP contribution in [-0.2, 0) is 4.79 Å². The summed E-state index contributed by atoms with van der Waals surface area (Å²) in [6.45, 7) is 5.45. The van der Waals surface area contributed by atoms with Gasteiger partial charge in [0.05, 0.1) is 6.54 Å². The molecule has 1 fully saturated rings. The summed E-state index contributed by atoms with van der Waals surface area (Å²) in [6, 6.07) is 0.536. The Kier molecular flexibility index (Phi) is 3.64. The third kappa shape index (κ3) is 2.64. The van der Waals surface area contributed by atoms with Crippen LogP contribution >= 0.6 is 0 Å². The van der Waals surface area contributed by atoms with Gasteiger partial charge in [-0.25, -0.2) is 0 Å². The summed E-state index contributed by atoms with van der Waals surface area (Å²) in [6.07, 6.45) is 7.05. The van der Waals surface area contributed by atoms with Gasteiger partial charge in [-0.05, 0) is 30.6 Å². The summed E-state index contributed by atoms with van der Waals surface area (Å²) < 4.78 is 0. The highest BCUT2D eigenvalue weighted by molar-refractivity contribution is 5.78. The monoisotopic (exact) mass is 222 g/mol. The molecule has 90 valence electrons. The largest absolute Gasteiger partial charge is 0.355 e. The second kappa shape index (κ2) is 5.00. The van der Waals surface area contributed by atoms with Crippen LogP contribution in [-0.4, -0.2) is 25.0 Å². The van der Waals surface area contributed by atoms with E-state index in [9.17, 15) is 4.79 Å². The fourth-order valence-electron chi connectivity index (χ4n) is 2.55. The molecule has 0 spiro atoms. The van der Waals surface area contributed by atoms with E-state index >= 15 is 0 Å². The van der Waals surface area contributed by atoms with Crippen molar-refractivity contribution in [2.24, 2.45) is 17.8 Å². The Morgan fingerprint density at radius 3 is 3.00 bits per heavy atom. The highest BCUT2D eigenvalue weighted by atomic mass is 16.1. The van der Waals surface area contributed by atoms with Gasteiger partial charge in [0.25, 0.3) is 0 Å². The number of allylic oxidation sites excluding steroid dienone is 1. The van der Waals surface area contributed by atoms with Gasteiger partial charge in [-0.15, -0.1) is 0 Å². The van der Waals surface area contributed by atoms with E-state index in [1.165, 1.54) is 12.8 Å². The molecule has 16 heavy (non-hydrogen) atoms. The molecule has 1 saturated carbocycles. The van der Waals surface area contributed by atoms with Crippen LogP contribution in [0.3, 0.4) is 0 Å². The van der Waals surface area contributed by atoms with Gasteiger partial charge >= 0.3 is 0 Å². The van der Waals surface area contributed by atoms with Gasteiger partial charge in [0.15, 0.2) is 0 Å². The topological polar surface area (TPSA) is 41.1 Å². The van der Waals surface area contributed by atoms with Crippen molar-refractivity contribution in [2.45, 2.75) is 32.7 Å². The van der Waals surface area contributed by atoms with Crippen molar-refractivity contribution in [3.05, 3.63) is 12.2 Å². The lowest BCUT2D eigenvalue weighted by molar-refractivity contribution is -0.120. The summed E-state index contributed by atoms with van der Waals surface area (Å²) in [4.78, 5) is 11.5. The van der Waals surface area contributed by atoms with Crippen molar-refractivity contribution < 1.29 is 4.79 Å². The highest BCUT2D eigenvalue weighted by Crippen LogP contribution is 2.42. The molecule has 2 aliphatic rings. The van der Waals surface area contributed by atoms with E-state index in [0.717, 1.165) is 12.5 Å². The number of hydrogen-bond donors (Lipinski definition) is 2. The Labute approximate surface area is 97.7 Å². The van der Waals surface area contributed by atoms with E-state index in [4.69, 9.17) is 0 Å². The van der Waals surface area contributed by atoms with E-state index < -0.39 is 0 Å². The Morgan fingerprint density at radius 2 is 2.31 bits per heavy atom. The minimum atomic E-state index is 0.124. The van der Waals surface area contributed by atoms with Gasteiger partial charge < -0.3 is 10.6 Å². The molecule has 1 amide bonds. The van der Waals surface area contributed by atoms with Crippen LogP contribution in [0.5, 0.6) is 0 Å². The lowest BCUT2D eigenvalue weighted by atomic mass is 9.71. The third-order valence-corrected chi connectivity index (χ3v) is 3.60. The van der Waals surface area contributed by atoms with Crippen LogP contribution in [0, 0.1) is 17.8 Å². The standard InChI is InChI=1S/C13H22N2O/c1-9(2)7-15-13(16)8-14-12-6-10-4-3-5-11(10)12/h3,5,9-12,14H,4,6-8H2,1-2H3,(H,15,16). The van der Waals surface area contributed by atoms with Gasteiger partial charge in [0.1, 0.15) is 0 Å².